The molecule has 0 atom stereocenters. The zero-order chi connectivity index (χ0) is 19.9. The molecular formula is C19H15ClF3N3O. The number of benzene rings is 2. The number of nitrogens with zero attached hydrogens (tertiary/aromatic N) is 2. The van der Waals surface area contributed by atoms with Gasteiger partial charge in [-0.1, -0.05) is 29.5 Å². The second kappa shape index (κ2) is 9.12. The van der Waals surface area contributed by atoms with Gasteiger partial charge < -0.3 is 10.5 Å². The summed E-state index contributed by atoms with van der Waals surface area (Å²) >= 11 is 5.90. The average molecular weight is 394 g/mol. The van der Waals surface area contributed by atoms with E-state index in [0.29, 0.717) is 16.3 Å². The lowest BCUT2D eigenvalue weighted by molar-refractivity contribution is -0.274. The van der Waals surface area contributed by atoms with E-state index >= 15 is 0 Å². The molecule has 0 saturated heterocycles. The molecule has 0 spiro atoms. The first-order valence-corrected chi connectivity index (χ1v) is 8.03. The molecule has 0 saturated carbocycles. The number of aromatic nitrogens is 2. The molecule has 4 nitrogen and oxygen atoms in total. The molecule has 0 aliphatic rings. The van der Waals surface area contributed by atoms with Gasteiger partial charge in [-0.15, -0.1) is 13.2 Å². The van der Waals surface area contributed by atoms with Crippen LogP contribution in [0.1, 0.15) is 11.1 Å². The minimum atomic E-state index is -4.71. The minimum Gasteiger partial charge on any atom is -0.406 e. The van der Waals surface area contributed by atoms with E-state index in [1.165, 1.54) is 36.0 Å². The van der Waals surface area contributed by atoms with Crippen LogP contribution in [-0.2, 0) is 0 Å². The van der Waals surface area contributed by atoms with Crippen LogP contribution in [0.15, 0.2) is 60.9 Å². The van der Waals surface area contributed by atoms with E-state index in [9.17, 15) is 13.2 Å². The molecule has 3 aromatic rings. The fraction of sp³-hybridized carbons (Fsp3) is 0.105. The molecule has 0 aliphatic heterocycles. The van der Waals surface area contributed by atoms with Crippen LogP contribution in [0.25, 0.3) is 5.69 Å². The second-order valence-corrected chi connectivity index (χ2v) is 5.41. The molecule has 0 radical (unpaired) electrons. The van der Waals surface area contributed by atoms with Gasteiger partial charge in [0, 0.05) is 16.8 Å². The molecule has 2 N–H and O–H groups in total. The second-order valence-electron chi connectivity index (χ2n) is 4.98. The summed E-state index contributed by atoms with van der Waals surface area (Å²) in [6, 6.07) is 12.5. The molecule has 0 unspecified atom stereocenters. The van der Waals surface area contributed by atoms with E-state index in [0.717, 1.165) is 5.56 Å². The predicted octanol–water partition coefficient (Wildman–Crippen LogP) is 4.40. The molecule has 3 rings (SSSR count). The molecule has 0 bridgehead atoms. The number of ether oxygens (including phenoxy) is 1. The zero-order valence-electron chi connectivity index (χ0n) is 14.2. The number of hydrogen-bond donors (Lipinski definition) is 1. The monoisotopic (exact) mass is 393 g/mol. The van der Waals surface area contributed by atoms with E-state index in [1.807, 2.05) is 6.07 Å². The number of hydrogen-bond acceptors (Lipinski definition) is 3. The van der Waals surface area contributed by atoms with Gasteiger partial charge in [0.2, 0.25) is 0 Å². The highest BCUT2D eigenvalue weighted by molar-refractivity contribution is 6.30. The van der Waals surface area contributed by atoms with Gasteiger partial charge in [-0.3, -0.25) is 0 Å². The van der Waals surface area contributed by atoms with Crippen LogP contribution in [0.4, 0.5) is 13.2 Å². The molecule has 1 heterocycles. The first kappa shape index (κ1) is 20.4. The zero-order valence-corrected chi connectivity index (χ0v) is 14.9. The maximum Gasteiger partial charge on any atom is 0.573 e. The summed E-state index contributed by atoms with van der Waals surface area (Å²) in [6.07, 6.45) is -1.47. The first-order valence-electron chi connectivity index (χ1n) is 7.65. The Labute approximate surface area is 159 Å². The minimum absolute atomic E-state index is 0.288. The van der Waals surface area contributed by atoms with Crippen molar-refractivity contribution in [2.75, 3.05) is 7.05 Å². The molecule has 140 valence electrons. The Morgan fingerprint density at radius 3 is 2.33 bits per heavy atom. The maximum absolute atomic E-state index is 12.2. The Hall–Kier alpha value is -2.95. The van der Waals surface area contributed by atoms with Crippen molar-refractivity contribution in [1.82, 2.24) is 9.78 Å². The molecule has 1 aromatic heterocycles. The maximum atomic E-state index is 12.2. The number of alkyl halides is 3. The fourth-order valence-electron chi connectivity index (χ4n) is 2.04. The highest BCUT2D eigenvalue weighted by Gasteiger charge is 2.30. The lowest BCUT2D eigenvalue weighted by atomic mass is 10.2. The summed E-state index contributed by atoms with van der Waals surface area (Å²) in [5.74, 6) is 5.64. The van der Waals surface area contributed by atoms with E-state index < -0.39 is 6.36 Å². The Morgan fingerprint density at radius 1 is 1.04 bits per heavy atom. The standard InChI is InChI=1S/C18H10ClF3N2O.CH5N/c19-15-3-1-2-13(10-15)4-5-14-11-23-24(12-14)16-6-8-17(9-7-16)25-18(20,21)22;1-2/h1-3,6-12H;2H2,1H3. The largest absolute Gasteiger partial charge is 0.573 e. The van der Waals surface area contributed by atoms with Gasteiger partial charge in [0.25, 0.3) is 0 Å². The van der Waals surface area contributed by atoms with Gasteiger partial charge >= 0.3 is 6.36 Å². The summed E-state index contributed by atoms with van der Waals surface area (Å²) in [5, 5.41) is 4.75. The SMILES string of the molecule is CN.FC(F)(F)Oc1ccc(-n2cc(C#Cc3cccc(Cl)c3)cn2)cc1. The van der Waals surface area contributed by atoms with Gasteiger partial charge in [0.15, 0.2) is 0 Å². The summed E-state index contributed by atoms with van der Waals surface area (Å²) < 4.78 is 41.8. The van der Waals surface area contributed by atoms with E-state index in [-0.39, 0.29) is 5.75 Å². The van der Waals surface area contributed by atoms with Crippen LogP contribution in [0.2, 0.25) is 5.02 Å². The molecule has 8 heteroatoms. The Morgan fingerprint density at radius 2 is 1.70 bits per heavy atom. The highest BCUT2D eigenvalue weighted by Crippen LogP contribution is 2.23. The van der Waals surface area contributed by atoms with Crippen LogP contribution >= 0.6 is 11.6 Å². The van der Waals surface area contributed by atoms with E-state index in [4.69, 9.17) is 11.6 Å². The smallest absolute Gasteiger partial charge is 0.406 e. The third-order valence-corrected chi connectivity index (χ3v) is 3.33. The molecule has 0 fully saturated rings. The van der Waals surface area contributed by atoms with Crippen molar-refractivity contribution in [2.45, 2.75) is 6.36 Å². The Balaban J connectivity index is 0.00000126. The van der Waals surface area contributed by atoms with Crippen molar-refractivity contribution in [1.29, 1.82) is 0 Å². The third kappa shape index (κ3) is 6.37. The quantitative estimate of drug-likeness (QED) is 0.656. The molecule has 27 heavy (non-hydrogen) atoms. The lowest BCUT2D eigenvalue weighted by Gasteiger charge is -2.09. The molecule has 0 aliphatic carbocycles. The van der Waals surface area contributed by atoms with Crippen molar-refractivity contribution >= 4 is 11.6 Å². The topological polar surface area (TPSA) is 53.1 Å². The van der Waals surface area contributed by atoms with Crippen molar-refractivity contribution < 1.29 is 17.9 Å². The third-order valence-electron chi connectivity index (χ3n) is 3.09. The van der Waals surface area contributed by atoms with Gasteiger partial charge in [0.05, 0.1) is 17.4 Å². The van der Waals surface area contributed by atoms with Crippen LogP contribution in [0.3, 0.4) is 0 Å². The number of nitrogens with two attached hydrogens (primary N) is 1. The van der Waals surface area contributed by atoms with Crippen LogP contribution in [0, 0.1) is 11.8 Å². The Kier molecular flexibility index (Phi) is 6.88. The normalized spacial score (nSPS) is 10.3. The van der Waals surface area contributed by atoms with Crippen molar-refractivity contribution in [2.24, 2.45) is 5.73 Å². The molecule has 0 amide bonds. The molecular weight excluding hydrogens is 379 g/mol. The predicted molar refractivity (Wildman–Crippen MR) is 97.8 cm³/mol. The van der Waals surface area contributed by atoms with Gasteiger partial charge in [-0.2, -0.15) is 5.10 Å². The summed E-state index contributed by atoms with van der Waals surface area (Å²) in [4.78, 5) is 0. The van der Waals surface area contributed by atoms with Crippen molar-refractivity contribution in [3.8, 4) is 23.3 Å². The van der Waals surface area contributed by atoms with Gasteiger partial charge in [0.1, 0.15) is 5.75 Å². The van der Waals surface area contributed by atoms with Crippen LogP contribution in [0.5, 0.6) is 5.75 Å². The summed E-state index contributed by atoms with van der Waals surface area (Å²) in [5.41, 5.74) is 6.52. The van der Waals surface area contributed by atoms with Crippen LogP contribution < -0.4 is 10.5 Å². The lowest BCUT2D eigenvalue weighted by Crippen LogP contribution is -2.17. The van der Waals surface area contributed by atoms with Gasteiger partial charge in [-0.25, -0.2) is 4.68 Å². The molecule has 2 aromatic carbocycles. The highest BCUT2D eigenvalue weighted by atomic mass is 35.5. The van der Waals surface area contributed by atoms with Crippen molar-refractivity contribution in [3.63, 3.8) is 0 Å². The van der Waals surface area contributed by atoms with Crippen molar-refractivity contribution in [3.05, 3.63) is 77.1 Å². The number of halogens is 4. The summed E-state index contributed by atoms with van der Waals surface area (Å²) in [7, 11) is 1.50. The summed E-state index contributed by atoms with van der Waals surface area (Å²) in [6.45, 7) is 0. The Bertz CT molecular complexity index is 941. The fourth-order valence-corrected chi connectivity index (χ4v) is 2.23. The van der Waals surface area contributed by atoms with E-state index in [2.05, 4.69) is 27.4 Å². The first-order chi connectivity index (χ1) is 12.9. The number of rotatable bonds is 2. The average Bonchev–Trinajstić information content (AvgIpc) is 3.10. The van der Waals surface area contributed by atoms with Gasteiger partial charge in [-0.05, 0) is 49.5 Å². The van der Waals surface area contributed by atoms with Crippen LogP contribution in [-0.4, -0.2) is 23.2 Å². The van der Waals surface area contributed by atoms with E-state index in [1.54, 1.807) is 30.6 Å².